The van der Waals surface area contributed by atoms with E-state index in [2.05, 4.69) is 17.5 Å². The fraction of sp³-hybridized carbons (Fsp3) is 0.136. The largest absolute Gasteiger partial charge is 0.310 e. The Hall–Kier alpha value is -3.18. The van der Waals surface area contributed by atoms with Crippen LogP contribution in [-0.2, 0) is 13.0 Å². The van der Waals surface area contributed by atoms with Crippen molar-refractivity contribution >= 4 is 23.7 Å². The highest BCUT2D eigenvalue weighted by atomic mass is 35.5. The number of pyridine rings is 1. The Labute approximate surface area is 168 Å². The van der Waals surface area contributed by atoms with Gasteiger partial charge >= 0.3 is 0 Å². The number of aryl methyl sites for hydroxylation is 1. The molecule has 3 rings (SSSR count). The van der Waals surface area contributed by atoms with Gasteiger partial charge in [0.05, 0.1) is 12.8 Å². The van der Waals surface area contributed by atoms with E-state index in [9.17, 15) is 9.59 Å². The second kappa shape index (κ2) is 9.15. The molecule has 3 aromatic rings. The number of halogens is 1. The molecule has 1 N–H and O–H groups in total. The average molecular weight is 394 g/mol. The smallest absolute Gasteiger partial charge is 0.276 e. The summed E-state index contributed by atoms with van der Waals surface area (Å²) in [6.45, 7) is 2.44. The third kappa shape index (κ3) is 4.96. The molecule has 1 aromatic heterocycles. The molecule has 28 heavy (non-hydrogen) atoms. The lowest BCUT2D eigenvalue weighted by Gasteiger charge is -2.08. The number of rotatable bonds is 6. The highest BCUT2D eigenvalue weighted by Crippen LogP contribution is 2.10. The van der Waals surface area contributed by atoms with Crippen LogP contribution in [0.15, 0.2) is 76.8 Å². The van der Waals surface area contributed by atoms with Crippen molar-refractivity contribution in [1.29, 1.82) is 0 Å². The summed E-state index contributed by atoms with van der Waals surface area (Å²) in [5, 5.41) is 4.58. The molecule has 1 heterocycles. The Morgan fingerprint density at radius 3 is 2.43 bits per heavy atom. The molecular weight excluding hydrogens is 374 g/mol. The molecule has 0 bridgehead atoms. The molecule has 5 nitrogen and oxygen atoms in total. The summed E-state index contributed by atoms with van der Waals surface area (Å²) in [6.07, 6.45) is 4.16. The number of hydrogen-bond acceptors (Lipinski definition) is 3. The topological polar surface area (TPSA) is 63.5 Å². The van der Waals surface area contributed by atoms with Crippen LogP contribution in [0.2, 0.25) is 5.02 Å². The first-order chi connectivity index (χ1) is 13.6. The van der Waals surface area contributed by atoms with Gasteiger partial charge in [0, 0.05) is 11.2 Å². The molecule has 0 unspecified atom stereocenters. The summed E-state index contributed by atoms with van der Waals surface area (Å²) < 4.78 is 1.48. The van der Waals surface area contributed by atoms with E-state index in [0.717, 1.165) is 17.5 Å². The van der Waals surface area contributed by atoms with Crippen molar-refractivity contribution in [3.63, 3.8) is 0 Å². The molecule has 2 aromatic carbocycles. The van der Waals surface area contributed by atoms with E-state index in [-0.39, 0.29) is 11.1 Å². The Bertz CT molecular complexity index is 1040. The van der Waals surface area contributed by atoms with Gasteiger partial charge in [-0.2, -0.15) is 5.10 Å². The fourth-order valence-electron chi connectivity index (χ4n) is 2.69. The van der Waals surface area contributed by atoms with Crippen LogP contribution >= 0.6 is 11.6 Å². The zero-order valence-corrected chi connectivity index (χ0v) is 16.2. The monoisotopic (exact) mass is 393 g/mol. The molecule has 0 fully saturated rings. The average Bonchev–Trinajstić information content (AvgIpc) is 2.71. The number of benzene rings is 2. The van der Waals surface area contributed by atoms with E-state index in [0.29, 0.717) is 11.6 Å². The van der Waals surface area contributed by atoms with Crippen molar-refractivity contribution in [3.05, 3.63) is 104 Å². The molecular formula is C22H20ClN3O2. The van der Waals surface area contributed by atoms with Crippen LogP contribution in [0.1, 0.15) is 34.0 Å². The van der Waals surface area contributed by atoms with Crippen LogP contribution in [0.5, 0.6) is 0 Å². The van der Waals surface area contributed by atoms with Gasteiger partial charge in [0.25, 0.3) is 11.5 Å². The lowest BCUT2D eigenvalue weighted by atomic mass is 10.1. The molecule has 0 spiro atoms. The molecule has 0 saturated heterocycles. The van der Waals surface area contributed by atoms with Crippen LogP contribution in [0.3, 0.4) is 0 Å². The normalized spacial score (nSPS) is 10.9. The van der Waals surface area contributed by atoms with Gasteiger partial charge in [0.15, 0.2) is 0 Å². The molecule has 142 valence electrons. The molecule has 0 aliphatic rings. The summed E-state index contributed by atoms with van der Waals surface area (Å²) in [4.78, 5) is 25.0. The van der Waals surface area contributed by atoms with E-state index in [1.165, 1.54) is 16.2 Å². The first-order valence-electron chi connectivity index (χ1n) is 8.93. The van der Waals surface area contributed by atoms with Crippen molar-refractivity contribution in [2.45, 2.75) is 19.9 Å². The van der Waals surface area contributed by atoms with Gasteiger partial charge in [0.1, 0.15) is 5.56 Å². The van der Waals surface area contributed by atoms with Crippen LogP contribution in [0, 0.1) is 0 Å². The van der Waals surface area contributed by atoms with Gasteiger partial charge in [-0.3, -0.25) is 9.59 Å². The third-order valence-electron chi connectivity index (χ3n) is 4.30. The van der Waals surface area contributed by atoms with Crippen molar-refractivity contribution in [3.8, 4) is 0 Å². The van der Waals surface area contributed by atoms with Crippen molar-refractivity contribution in [2.24, 2.45) is 5.10 Å². The van der Waals surface area contributed by atoms with Crippen LogP contribution in [-0.4, -0.2) is 16.7 Å². The van der Waals surface area contributed by atoms with Gasteiger partial charge in [0.2, 0.25) is 0 Å². The van der Waals surface area contributed by atoms with Gasteiger partial charge in [-0.25, -0.2) is 5.43 Å². The predicted molar refractivity (Wildman–Crippen MR) is 112 cm³/mol. The summed E-state index contributed by atoms with van der Waals surface area (Å²) in [6, 6.07) is 18.2. The second-order valence-electron chi connectivity index (χ2n) is 6.28. The molecule has 0 aliphatic heterocycles. The summed E-state index contributed by atoms with van der Waals surface area (Å²) in [5.74, 6) is -0.545. The van der Waals surface area contributed by atoms with E-state index in [4.69, 9.17) is 11.6 Å². The van der Waals surface area contributed by atoms with E-state index < -0.39 is 5.91 Å². The van der Waals surface area contributed by atoms with Crippen LogP contribution < -0.4 is 11.0 Å². The molecule has 0 saturated carbocycles. The first-order valence-corrected chi connectivity index (χ1v) is 9.31. The number of hydrazone groups is 1. The van der Waals surface area contributed by atoms with Gasteiger partial charge in [-0.05, 0) is 47.4 Å². The van der Waals surface area contributed by atoms with Crippen LogP contribution in [0.4, 0.5) is 0 Å². The second-order valence-corrected chi connectivity index (χ2v) is 6.71. The Morgan fingerprint density at radius 1 is 1.07 bits per heavy atom. The predicted octanol–water partition coefficient (Wildman–Crippen LogP) is 3.88. The van der Waals surface area contributed by atoms with Crippen molar-refractivity contribution < 1.29 is 4.79 Å². The molecule has 6 heteroatoms. The van der Waals surface area contributed by atoms with Gasteiger partial charge < -0.3 is 4.57 Å². The van der Waals surface area contributed by atoms with E-state index >= 15 is 0 Å². The standard InChI is InChI=1S/C22H20ClN3O2/c1-2-16-5-7-17(8-6-16)14-24-25-21(27)20-4-3-13-26(22(20)28)15-18-9-11-19(23)12-10-18/h3-14H,2,15H2,1H3,(H,25,27)/b24-14-. The number of nitrogens with zero attached hydrogens (tertiary/aromatic N) is 2. The highest BCUT2D eigenvalue weighted by molar-refractivity contribution is 6.30. The molecule has 0 atom stereocenters. The summed E-state index contributed by atoms with van der Waals surface area (Å²) in [5.41, 5.74) is 5.08. The molecule has 0 aliphatic carbocycles. The number of nitrogens with one attached hydrogen (secondary N) is 1. The minimum Gasteiger partial charge on any atom is -0.310 e. The lowest BCUT2D eigenvalue weighted by Crippen LogP contribution is -2.30. The van der Waals surface area contributed by atoms with Crippen LogP contribution in [0.25, 0.3) is 0 Å². The Morgan fingerprint density at radius 2 is 1.75 bits per heavy atom. The quantitative estimate of drug-likeness (QED) is 0.510. The maximum Gasteiger partial charge on any atom is 0.276 e. The summed E-state index contributed by atoms with van der Waals surface area (Å²) >= 11 is 5.89. The number of aromatic nitrogens is 1. The fourth-order valence-corrected chi connectivity index (χ4v) is 2.81. The number of carbonyl (C=O) groups excluding carboxylic acids is 1. The first kappa shape index (κ1) is 19.6. The van der Waals surface area contributed by atoms with E-state index in [1.54, 1.807) is 30.6 Å². The lowest BCUT2D eigenvalue weighted by molar-refractivity contribution is 0.0953. The van der Waals surface area contributed by atoms with Gasteiger partial charge in [-0.15, -0.1) is 0 Å². The SMILES string of the molecule is CCc1ccc(/C=N\NC(=O)c2cccn(Cc3ccc(Cl)cc3)c2=O)cc1. The molecule has 1 amide bonds. The van der Waals surface area contributed by atoms with Crippen molar-refractivity contribution in [1.82, 2.24) is 9.99 Å². The van der Waals surface area contributed by atoms with Crippen molar-refractivity contribution in [2.75, 3.05) is 0 Å². The number of carbonyl (C=O) groups is 1. The maximum atomic E-state index is 12.6. The Balaban J connectivity index is 1.70. The maximum absolute atomic E-state index is 12.6. The van der Waals surface area contributed by atoms with Gasteiger partial charge in [-0.1, -0.05) is 54.9 Å². The zero-order chi connectivity index (χ0) is 19.9. The third-order valence-corrected chi connectivity index (χ3v) is 4.55. The minimum atomic E-state index is -0.545. The summed E-state index contributed by atoms with van der Waals surface area (Å²) in [7, 11) is 0. The zero-order valence-electron chi connectivity index (χ0n) is 15.4. The molecule has 0 radical (unpaired) electrons. The minimum absolute atomic E-state index is 0.0370. The Kier molecular flexibility index (Phi) is 6.40. The van der Waals surface area contributed by atoms with E-state index in [1.807, 2.05) is 36.4 Å². The number of hydrogen-bond donors (Lipinski definition) is 1. The number of amides is 1. The highest BCUT2D eigenvalue weighted by Gasteiger charge is 2.11.